The van der Waals surface area contributed by atoms with Crippen LogP contribution < -0.4 is 5.73 Å². The minimum Gasteiger partial charge on any atom is -0.478 e. The molecule has 0 aromatic heterocycles. The fraction of sp³-hybridized carbons (Fsp3) is 0. The van der Waals surface area contributed by atoms with E-state index in [0.717, 1.165) is 0 Å². The first kappa shape index (κ1) is 5.29. The lowest BCUT2D eigenvalue weighted by Crippen LogP contribution is -2.00. The second-order valence-electron chi connectivity index (χ2n) is 1.82. The molecule has 52 valence electrons. The Morgan fingerprint density at radius 1 is 1.70 bits per heavy atom. The van der Waals surface area contributed by atoms with Gasteiger partial charge in [-0.05, 0) is 12.1 Å². The molecule has 0 atom stereocenters. The molecule has 0 unspecified atom stereocenters. The Balaban J connectivity index is 3.23. The van der Waals surface area contributed by atoms with Crippen LogP contribution in [0.25, 0.3) is 0 Å². The SMILES string of the molecule is [2H]c1ccc(N)c(C(=O)O)c1. The van der Waals surface area contributed by atoms with Crippen LogP contribution in [0.4, 0.5) is 5.69 Å². The van der Waals surface area contributed by atoms with Crippen molar-refractivity contribution in [1.29, 1.82) is 0 Å². The van der Waals surface area contributed by atoms with E-state index in [4.69, 9.17) is 12.2 Å². The van der Waals surface area contributed by atoms with Crippen LogP contribution in [-0.4, -0.2) is 11.1 Å². The van der Waals surface area contributed by atoms with Crippen LogP contribution in [-0.2, 0) is 0 Å². The lowest BCUT2D eigenvalue weighted by atomic mass is 10.2. The molecule has 1 aromatic carbocycles. The fourth-order valence-electron chi connectivity index (χ4n) is 0.628. The Kier molecular flexibility index (Phi) is 1.26. The van der Waals surface area contributed by atoms with Gasteiger partial charge in [-0.25, -0.2) is 4.79 Å². The highest BCUT2D eigenvalue weighted by molar-refractivity contribution is 5.93. The van der Waals surface area contributed by atoms with Gasteiger partial charge in [0.2, 0.25) is 0 Å². The van der Waals surface area contributed by atoms with Gasteiger partial charge in [-0.2, -0.15) is 0 Å². The van der Waals surface area contributed by atoms with Crippen LogP contribution in [0.3, 0.4) is 0 Å². The molecular weight excluding hydrogens is 130 g/mol. The van der Waals surface area contributed by atoms with E-state index in [-0.39, 0.29) is 17.3 Å². The van der Waals surface area contributed by atoms with E-state index in [0.29, 0.717) is 0 Å². The van der Waals surface area contributed by atoms with Gasteiger partial charge in [0.05, 0.1) is 6.93 Å². The molecule has 0 aliphatic carbocycles. The average molecular weight is 138 g/mol. The van der Waals surface area contributed by atoms with Crippen molar-refractivity contribution in [2.45, 2.75) is 0 Å². The first-order chi connectivity index (χ1) is 5.11. The van der Waals surface area contributed by atoms with Crippen molar-refractivity contribution in [2.24, 2.45) is 0 Å². The van der Waals surface area contributed by atoms with Crippen molar-refractivity contribution < 1.29 is 11.3 Å². The maximum absolute atomic E-state index is 10.4. The summed E-state index contributed by atoms with van der Waals surface area (Å²) >= 11 is 0. The highest BCUT2D eigenvalue weighted by Gasteiger charge is 2.03. The van der Waals surface area contributed by atoms with Gasteiger partial charge in [-0.3, -0.25) is 0 Å². The number of nitrogen functional groups attached to an aromatic ring is 1. The largest absolute Gasteiger partial charge is 0.478 e. The minimum absolute atomic E-state index is 0.0162. The van der Waals surface area contributed by atoms with Gasteiger partial charge < -0.3 is 10.8 Å². The first-order valence-corrected chi connectivity index (χ1v) is 2.70. The number of benzene rings is 1. The Morgan fingerprint density at radius 3 is 2.90 bits per heavy atom. The number of carboxylic acids is 1. The quantitative estimate of drug-likeness (QED) is 0.568. The molecule has 3 heteroatoms. The summed E-state index contributed by atoms with van der Waals surface area (Å²) in [4.78, 5) is 10.4. The standard InChI is InChI=1S/C7H7NO2/c8-6-4-2-1-3-5(6)7(9)10/h1-4H,8H2,(H,9,10)/i1D. The van der Waals surface area contributed by atoms with Crippen molar-refractivity contribution in [2.75, 3.05) is 5.73 Å². The lowest BCUT2D eigenvalue weighted by Gasteiger charge is -1.96. The van der Waals surface area contributed by atoms with Crippen LogP contribution in [0.5, 0.6) is 0 Å². The number of aromatic carboxylic acids is 1. The Morgan fingerprint density at radius 2 is 2.40 bits per heavy atom. The first-order valence-electron chi connectivity index (χ1n) is 3.20. The van der Waals surface area contributed by atoms with Gasteiger partial charge in [0, 0.05) is 5.69 Å². The molecule has 0 saturated heterocycles. The Hall–Kier alpha value is -1.51. The van der Waals surface area contributed by atoms with E-state index in [9.17, 15) is 4.79 Å². The van der Waals surface area contributed by atoms with E-state index in [1.165, 1.54) is 18.2 Å². The molecule has 3 nitrogen and oxygen atoms in total. The molecule has 0 radical (unpaired) electrons. The summed E-state index contributed by atoms with van der Waals surface area (Å²) < 4.78 is 7.11. The van der Waals surface area contributed by atoms with Gasteiger partial charge >= 0.3 is 5.97 Å². The molecule has 0 heterocycles. The smallest absolute Gasteiger partial charge is 0.337 e. The molecule has 0 aliphatic heterocycles. The van der Waals surface area contributed by atoms with Gasteiger partial charge in [-0.15, -0.1) is 0 Å². The van der Waals surface area contributed by atoms with Crippen molar-refractivity contribution >= 4 is 11.7 Å². The zero-order valence-electron chi connectivity index (χ0n) is 6.16. The summed E-state index contributed by atoms with van der Waals surface area (Å²) in [6.07, 6.45) is 0. The normalized spacial score (nSPS) is 10.6. The van der Waals surface area contributed by atoms with Gasteiger partial charge in [0.25, 0.3) is 0 Å². The highest BCUT2D eigenvalue weighted by Crippen LogP contribution is 2.08. The minimum atomic E-state index is -1.10. The molecule has 1 aromatic rings. The lowest BCUT2D eigenvalue weighted by molar-refractivity contribution is 0.0698. The van der Waals surface area contributed by atoms with Crippen molar-refractivity contribution in [3.05, 3.63) is 29.8 Å². The monoisotopic (exact) mass is 138 g/mol. The molecule has 10 heavy (non-hydrogen) atoms. The molecule has 3 N–H and O–H groups in total. The van der Waals surface area contributed by atoms with Crippen molar-refractivity contribution in [1.82, 2.24) is 0 Å². The Bertz CT molecular complexity index is 298. The highest BCUT2D eigenvalue weighted by atomic mass is 16.4. The molecular formula is C7H7NO2. The second kappa shape index (κ2) is 2.39. The van der Waals surface area contributed by atoms with Crippen LogP contribution in [0.1, 0.15) is 11.7 Å². The molecule has 0 aliphatic rings. The van der Waals surface area contributed by atoms with Gasteiger partial charge in [0.1, 0.15) is 0 Å². The van der Waals surface area contributed by atoms with Gasteiger partial charge in [0.15, 0.2) is 0 Å². The summed E-state index contributed by atoms with van der Waals surface area (Å²) in [5.74, 6) is -1.10. The topological polar surface area (TPSA) is 63.3 Å². The van der Waals surface area contributed by atoms with E-state index in [1.54, 1.807) is 0 Å². The summed E-state index contributed by atoms with van der Waals surface area (Å²) in [6, 6.07) is 4.22. The number of para-hydroxylation sites is 1. The maximum Gasteiger partial charge on any atom is 0.337 e. The van der Waals surface area contributed by atoms with E-state index in [2.05, 4.69) is 0 Å². The van der Waals surface area contributed by atoms with Crippen molar-refractivity contribution in [3.63, 3.8) is 0 Å². The number of carbonyl (C=O) groups is 1. The van der Waals surface area contributed by atoms with Crippen LogP contribution in [0.15, 0.2) is 24.2 Å². The second-order valence-corrected chi connectivity index (χ2v) is 1.82. The number of nitrogens with two attached hydrogens (primary N) is 1. The number of hydrogen-bond donors (Lipinski definition) is 2. The number of carboxylic acid groups (broad SMARTS) is 1. The third kappa shape index (κ3) is 1.07. The molecule has 0 spiro atoms. The maximum atomic E-state index is 10.4. The average Bonchev–Trinajstić information content (AvgIpc) is 1.94. The van der Waals surface area contributed by atoms with Gasteiger partial charge in [-0.1, -0.05) is 12.1 Å². The molecule has 1 rings (SSSR count). The van der Waals surface area contributed by atoms with Crippen molar-refractivity contribution in [3.8, 4) is 0 Å². The predicted octanol–water partition coefficient (Wildman–Crippen LogP) is 0.967. The number of hydrogen-bond acceptors (Lipinski definition) is 2. The summed E-state index contributed by atoms with van der Waals surface area (Å²) in [7, 11) is 0. The fourth-order valence-corrected chi connectivity index (χ4v) is 0.628. The third-order valence-electron chi connectivity index (χ3n) is 1.13. The van der Waals surface area contributed by atoms with Crippen LogP contribution in [0.2, 0.25) is 0 Å². The number of rotatable bonds is 1. The summed E-state index contributed by atoms with van der Waals surface area (Å²) in [6.45, 7) is 0. The summed E-state index contributed by atoms with van der Waals surface area (Å²) in [5, 5.41) is 8.53. The van der Waals surface area contributed by atoms with E-state index < -0.39 is 5.97 Å². The molecule has 0 bridgehead atoms. The molecule has 0 amide bonds. The predicted molar refractivity (Wildman–Crippen MR) is 37.8 cm³/mol. The zero-order chi connectivity index (χ0) is 8.43. The summed E-state index contributed by atoms with van der Waals surface area (Å²) in [5.41, 5.74) is 5.50. The Labute approximate surface area is 59.5 Å². The number of anilines is 1. The zero-order valence-corrected chi connectivity index (χ0v) is 5.16. The van der Waals surface area contributed by atoms with Crippen LogP contribution in [0, 0.1) is 0 Å². The third-order valence-corrected chi connectivity index (χ3v) is 1.13. The van der Waals surface area contributed by atoms with E-state index in [1.807, 2.05) is 0 Å². The van der Waals surface area contributed by atoms with E-state index >= 15 is 0 Å². The molecule has 0 saturated carbocycles. The van der Waals surface area contributed by atoms with Crippen LogP contribution >= 0.6 is 0 Å². The molecule has 0 fully saturated rings.